The van der Waals surface area contributed by atoms with Crippen LogP contribution in [0.4, 0.5) is 22.4 Å². The zero-order valence-electron chi connectivity index (χ0n) is 16.8. The van der Waals surface area contributed by atoms with Gasteiger partial charge in [0.15, 0.2) is 6.10 Å². The van der Waals surface area contributed by atoms with Crippen molar-refractivity contribution in [3.63, 3.8) is 0 Å². The predicted octanol–water partition coefficient (Wildman–Crippen LogP) is 3.70. The van der Waals surface area contributed by atoms with Crippen molar-refractivity contribution in [2.24, 2.45) is 11.1 Å². The summed E-state index contributed by atoms with van der Waals surface area (Å²) in [5.74, 6) is 2.61. The topological polar surface area (TPSA) is 85.5 Å². The van der Waals surface area contributed by atoms with Crippen molar-refractivity contribution in [1.82, 2.24) is 9.88 Å². The van der Waals surface area contributed by atoms with Gasteiger partial charge in [-0.1, -0.05) is 26.7 Å². The van der Waals surface area contributed by atoms with Crippen LogP contribution in [0.5, 0.6) is 0 Å². The Hall–Kier alpha value is -2.83. The Bertz CT molecular complexity index is 869. The van der Waals surface area contributed by atoms with Crippen molar-refractivity contribution < 1.29 is 31.9 Å². The first kappa shape index (κ1) is 23.4. The van der Waals surface area contributed by atoms with E-state index < -0.39 is 36.1 Å². The molecule has 0 saturated carbocycles. The quantitative estimate of drug-likeness (QED) is 0.587. The highest BCUT2D eigenvalue weighted by Crippen LogP contribution is 2.36. The molecule has 1 aliphatic heterocycles. The zero-order chi connectivity index (χ0) is 22.7. The molecule has 0 spiro atoms. The molecule has 2 N–H and O–H groups in total. The highest BCUT2D eigenvalue weighted by Gasteiger charge is 2.46. The fraction of sp³-hybridized carbons (Fsp3) is 0.550. The molecule has 10 heteroatoms. The number of nitrogens with zero attached hydrogens (tertiary/aromatic N) is 2. The molecule has 1 aromatic rings. The number of aromatic nitrogens is 1. The number of amides is 2. The molecule has 0 aromatic carbocycles. The molecule has 0 aliphatic carbocycles. The number of primary amides is 1. The molecule has 0 radical (unpaired) electrons. The zero-order valence-corrected chi connectivity index (χ0v) is 16.8. The standard InChI is InChI=1S/C20H23F4N3O3/c1-19(2,3)10-13(30-18(25)29)6-7-15-14(9-12(21)11-26-15)16-5-4-8-27(16)17(28)20(22,23)24/h9,11,13,16H,4-5,8,10H2,1-3H3,(H2,25,29)/t13-,16+/m0/s1. The van der Waals surface area contributed by atoms with E-state index in [2.05, 4.69) is 16.8 Å². The number of halogens is 4. The number of nitrogens with two attached hydrogens (primary N) is 1. The van der Waals surface area contributed by atoms with E-state index in [0.717, 1.165) is 12.3 Å². The largest absolute Gasteiger partial charge is 0.471 e. The average Bonchev–Trinajstić information content (AvgIpc) is 3.06. The monoisotopic (exact) mass is 429 g/mol. The molecule has 1 aliphatic rings. The molecule has 164 valence electrons. The molecular weight excluding hydrogens is 406 g/mol. The minimum Gasteiger partial charge on any atom is -0.433 e. The highest BCUT2D eigenvalue weighted by molar-refractivity contribution is 5.82. The van der Waals surface area contributed by atoms with Crippen LogP contribution in [0, 0.1) is 23.1 Å². The lowest BCUT2D eigenvalue weighted by atomic mass is 9.89. The second-order valence-corrected chi connectivity index (χ2v) is 8.21. The van der Waals surface area contributed by atoms with Crippen LogP contribution in [0.25, 0.3) is 0 Å². The highest BCUT2D eigenvalue weighted by atomic mass is 19.4. The maximum Gasteiger partial charge on any atom is 0.471 e. The van der Waals surface area contributed by atoms with Gasteiger partial charge in [-0.05, 0) is 30.2 Å². The maximum atomic E-state index is 13.8. The molecule has 30 heavy (non-hydrogen) atoms. The van der Waals surface area contributed by atoms with Gasteiger partial charge in [-0.3, -0.25) is 4.79 Å². The van der Waals surface area contributed by atoms with Gasteiger partial charge in [0.25, 0.3) is 0 Å². The van der Waals surface area contributed by atoms with Gasteiger partial charge in [-0.2, -0.15) is 13.2 Å². The summed E-state index contributed by atoms with van der Waals surface area (Å²) in [5, 5.41) is 0. The Morgan fingerprint density at radius 3 is 2.60 bits per heavy atom. The summed E-state index contributed by atoms with van der Waals surface area (Å²) in [4.78, 5) is 27.5. The molecule has 2 atom stereocenters. The van der Waals surface area contributed by atoms with E-state index in [4.69, 9.17) is 10.5 Å². The summed E-state index contributed by atoms with van der Waals surface area (Å²) in [5.41, 5.74) is 4.89. The molecule has 2 rings (SSSR count). The van der Waals surface area contributed by atoms with E-state index in [-0.39, 0.29) is 29.6 Å². The number of carbonyl (C=O) groups excluding carboxylic acids is 2. The van der Waals surface area contributed by atoms with Crippen LogP contribution in [-0.4, -0.2) is 40.7 Å². The molecule has 2 heterocycles. The lowest BCUT2D eigenvalue weighted by Crippen LogP contribution is -2.40. The normalized spacial score (nSPS) is 17.8. The smallest absolute Gasteiger partial charge is 0.433 e. The molecule has 0 unspecified atom stereocenters. The van der Waals surface area contributed by atoms with Gasteiger partial charge in [0, 0.05) is 18.5 Å². The van der Waals surface area contributed by atoms with Crippen molar-refractivity contribution in [2.75, 3.05) is 6.54 Å². The fourth-order valence-corrected chi connectivity index (χ4v) is 3.28. The van der Waals surface area contributed by atoms with Crippen molar-refractivity contribution in [3.05, 3.63) is 29.3 Å². The van der Waals surface area contributed by atoms with Gasteiger partial charge >= 0.3 is 18.2 Å². The summed E-state index contributed by atoms with van der Waals surface area (Å²) >= 11 is 0. The fourth-order valence-electron chi connectivity index (χ4n) is 3.28. The second kappa shape index (κ2) is 8.90. The number of hydrogen-bond donors (Lipinski definition) is 1. The average molecular weight is 429 g/mol. The molecule has 1 fully saturated rings. The second-order valence-electron chi connectivity index (χ2n) is 8.21. The number of carbonyl (C=O) groups is 2. The van der Waals surface area contributed by atoms with Crippen LogP contribution in [-0.2, 0) is 9.53 Å². The van der Waals surface area contributed by atoms with Gasteiger partial charge in [-0.25, -0.2) is 14.2 Å². The van der Waals surface area contributed by atoms with E-state index in [1.165, 1.54) is 0 Å². The molecule has 2 amide bonds. The number of hydrogen-bond acceptors (Lipinski definition) is 4. The molecule has 1 saturated heterocycles. The number of rotatable bonds is 3. The van der Waals surface area contributed by atoms with Crippen LogP contribution < -0.4 is 5.73 Å². The van der Waals surface area contributed by atoms with E-state index >= 15 is 0 Å². The van der Waals surface area contributed by atoms with Crippen molar-refractivity contribution in [3.8, 4) is 11.8 Å². The molecule has 1 aromatic heterocycles. The maximum absolute atomic E-state index is 13.8. The number of likely N-dealkylation sites (tertiary alicyclic amines) is 1. The summed E-state index contributed by atoms with van der Waals surface area (Å²) in [6.45, 7) is 5.58. The summed E-state index contributed by atoms with van der Waals surface area (Å²) in [6, 6.07) is 0.0157. The predicted molar refractivity (Wildman–Crippen MR) is 99.3 cm³/mol. The van der Waals surface area contributed by atoms with E-state index in [1.807, 2.05) is 20.8 Å². The van der Waals surface area contributed by atoms with Gasteiger partial charge < -0.3 is 15.4 Å². The number of ether oxygens (including phenoxy) is 1. The summed E-state index contributed by atoms with van der Waals surface area (Å²) < 4.78 is 57.6. The first-order chi connectivity index (χ1) is 13.8. The Morgan fingerprint density at radius 2 is 2.03 bits per heavy atom. The third-order valence-electron chi connectivity index (χ3n) is 4.41. The summed E-state index contributed by atoms with van der Waals surface area (Å²) in [6.07, 6.45) is -5.20. The first-order valence-corrected chi connectivity index (χ1v) is 9.29. The minimum atomic E-state index is -5.04. The van der Waals surface area contributed by atoms with Crippen molar-refractivity contribution in [1.29, 1.82) is 0 Å². The number of pyridine rings is 1. The Morgan fingerprint density at radius 1 is 1.37 bits per heavy atom. The third-order valence-corrected chi connectivity index (χ3v) is 4.41. The Labute approximate surface area is 171 Å². The van der Waals surface area contributed by atoms with Crippen LogP contribution in [0.1, 0.15) is 57.3 Å². The van der Waals surface area contributed by atoms with E-state index in [1.54, 1.807) is 0 Å². The molecule has 6 nitrogen and oxygen atoms in total. The van der Waals surface area contributed by atoms with Crippen molar-refractivity contribution >= 4 is 12.0 Å². The molecular formula is C20H23F4N3O3. The molecule has 0 bridgehead atoms. The van der Waals surface area contributed by atoms with Crippen LogP contribution in [0.15, 0.2) is 12.3 Å². The Kier molecular flexibility index (Phi) is 6.95. The van der Waals surface area contributed by atoms with Crippen LogP contribution in [0.3, 0.4) is 0 Å². The van der Waals surface area contributed by atoms with Crippen LogP contribution >= 0.6 is 0 Å². The van der Waals surface area contributed by atoms with Gasteiger partial charge in [0.1, 0.15) is 11.5 Å². The first-order valence-electron chi connectivity index (χ1n) is 9.29. The third kappa shape index (κ3) is 6.34. The van der Waals surface area contributed by atoms with E-state index in [0.29, 0.717) is 17.7 Å². The SMILES string of the molecule is CC(C)(C)C[C@H](C#Cc1ncc(F)cc1[C@H]1CCCN1C(=O)C(F)(F)F)OC(N)=O. The van der Waals surface area contributed by atoms with Crippen LogP contribution in [0.2, 0.25) is 0 Å². The number of alkyl halides is 3. The van der Waals surface area contributed by atoms with Gasteiger partial charge in [-0.15, -0.1) is 0 Å². The lowest BCUT2D eigenvalue weighted by molar-refractivity contribution is -0.186. The summed E-state index contributed by atoms with van der Waals surface area (Å²) in [7, 11) is 0. The van der Waals surface area contributed by atoms with Gasteiger partial charge in [0.2, 0.25) is 0 Å². The van der Waals surface area contributed by atoms with Crippen molar-refractivity contribution in [2.45, 2.75) is 58.4 Å². The van der Waals surface area contributed by atoms with E-state index in [9.17, 15) is 27.2 Å². The minimum absolute atomic E-state index is 0.00949. The van der Waals surface area contributed by atoms with Gasteiger partial charge in [0.05, 0.1) is 12.2 Å². The lowest BCUT2D eigenvalue weighted by Gasteiger charge is -2.26. The Balaban J connectivity index is 2.41.